The van der Waals surface area contributed by atoms with Gasteiger partial charge in [-0.25, -0.2) is 0 Å². The van der Waals surface area contributed by atoms with Gasteiger partial charge in [0.05, 0.1) is 112 Å². The fourth-order valence-electron chi connectivity index (χ4n) is 16.1. The number of benzene rings is 8. The highest BCUT2D eigenvalue weighted by molar-refractivity contribution is 6.41. The summed E-state index contributed by atoms with van der Waals surface area (Å²) in [5, 5.41) is 54.5. The molecule has 0 amide bonds. The van der Waals surface area contributed by atoms with Crippen molar-refractivity contribution in [2.75, 3.05) is 127 Å². The first-order valence-electron chi connectivity index (χ1n) is 41.1. The molecule has 1 aliphatic heterocycles. The van der Waals surface area contributed by atoms with Crippen molar-refractivity contribution in [3.8, 4) is 5.75 Å². The number of likely N-dealkylation sites (N-methyl/N-ethyl adjacent to an activating group) is 2. The second kappa shape index (κ2) is 38.6. The minimum absolute atomic E-state index is 0.00783. The van der Waals surface area contributed by atoms with E-state index in [1.807, 2.05) is 38.0 Å². The summed E-state index contributed by atoms with van der Waals surface area (Å²) in [5.41, 5.74) is 1.75. The Morgan fingerprint density at radius 1 is 0.271 bits per heavy atom. The van der Waals surface area contributed by atoms with Crippen LogP contribution in [0.25, 0.3) is 0 Å². The number of fused-ring (bicyclic) bond motifs is 8. The maximum absolute atomic E-state index is 13.9. The number of ether oxygens (including phenoxy) is 1. The highest BCUT2D eigenvalue weighted by atomic mass is 16.5. The fourth-order valence-corrected chi connectivity index (χ4v) is 16.1. The predicted molar refractivity (Wildman–Crippen MR) is 470 cm³/mol. The summed E-state index contributed by atoms with van der Waals surface area (Å²) in [5.74, 6) is -7.26. The molecule has 0 saturated carbocycles. The molecule has 129 heavy (non-hydrogen) atoms. The molecule has 30 nitrogen and oxygen atoms in total. The number of ketones is 16. The number of nitrogens with one attached hydrogen (secondary N) is 6. The van der Waals surface area contributed by atoms with Gasteiger partial charge in [0.1, 0.15) is 5.75 Å². The molecule has 8 aliphatic carbocycles. The van der Waals surface area contributed by atoms with Crippen LogP contribution in [-0.4, -0.2) is 255 Å². The number of allylic oxidation sites excluding steroid dienone is 16. The molecular formula is C99H85N9O21. The minimum Gasteiger partial charge on any atom is -0.497 e. The van der Waals surface area contributed by atoms with Gasteiger partial charge in [0.15, 0.2) is 52.0 Å². The van der Waals surface area contributed by atoms with Gasteiger partial charge in [-0.05, 0) is 52.5 Å². The molecule has 0 unspecified atom stereocenters. The van der Waals surface area contributed by atoms with Gasteiger partial charge >= 0.3 is 0 Å². The highest BCUT2D eigenvalue weighted by Gasteiger charge is 2.48. The zero-order valence-corrected chi connectivity index (χ0v) is 70.4. The Morgan fingerprint density at radius 2 is 0.496 bits per heavy atom. The van der Waals surface area contributed by atoms with E-state index in [9.17, 15) is 97.1 Å². The molecule has 0 aromatic heterocycles. The Kier molecular flexibility index (Phi) is 26.9. The standard InChI is InChI=1S/C28H30N4O4.C25H22N2O7.C24H20N2O6.C22H13NO4/c1-31(2)15-13-29-23-21(25(33)17-9-5-7-11-19(17)27(23)35)22-24(30-14-16-32(3)4)28(36)20-12-8-6-10-18(20)26(22)34;1-34-13-6-7-16-17(12-13)25(33)21(27-9-11-29)19(23(16)31)18-20(26-8-10-28)24(32)15-5-3-2-4-14(15)22(18)30;27-11-9-25-19-17(21(29)13-5-1-3-7-15(13)23(19)31)18-20(26-10-12-28)24(32)16-8-4-2-6-14(16)22(18)30;24-17-11-16(20(25)13-6-2-1-5-12(13)17)18-19(23-9-10-23)22(27)15-8-4-3-7-14(15)21(18)26/h5-12,29-30H,13-16H2,1-4H3;2-7,12,26-29H,8-11H2,1H3;1-8,25-28H,9-12H2;1-8,11H,9-10H2. The molecule has 1 fully saturated rings. The van der Waals surface area contributed by atoms with E-state index in [0.717, 1.165) is 0 Å². The minimum atomic E-state index is -0.628. The molecule has 8 aromatic carbocycles. The molecule has 9 aliphatic rings. The SMILES string of the molecule is CN(C)CCNC1=C(C2=C(NCCN(C)C)C(=O)c3ccccc3C2=O)C(=O)c2ccccc2C1=O.COc1ccc2c(c1)C(=O)C(NCCO)=C(C1=C(NCCO)C(=O)c3ccccc3C1=O)C2=O.O=C1C(NCCO)=C(C2=C(NCCO)C(=O)c3ccccc3C2=O)C(=O)c2ccccc21.O=C1C=C(C2=C(N3CC3)C(=O)c3ccccc3C2=O)C(=O)c2ccccc21. The van der Waals surface area contributed by atoms with Crippen molar-refractivity contribution in [3.63, 3.8) is 0 Å². The molecule has 17 rings (SSSR count). The van der Waals surface area contributed by atoms with Crippen molar-refractivity contribution in [3.05, 3.63) is 368 Å². The average molecular weight is 1740 g/mol. The van der Waals surface area contributed by atoms with Gasteiger partial charge in [0.2, 0.25) is 40.5 Å². The largest absolute Gasteiger partial charge is 0.497 e. The highest BCUT2D eigenvalue weighted by Crippen LogP contribution is 2.43. The Balaban J connectivity index is 0.000000139. The summed E-state index contributed by atoms with van der Waals surface area (Å²) in [6.07, 6.45) is 1.20. The van der Waals surface area contributed by atoms with Crippen LogP contribution in [0.5, 0.6) is 5.75 Å². The Bertz CT molecular complexity index is 6340. The number of rotatable bonds is 26. The van der Waals surface area contributed by atoms with Crippen LogP contribution < -0.4 is 36.6 Å². The lowest BCUT2D eigenvalue weighted by Gasteiger charge is -2.28. The van der Waals surface area contributed by atoms with Crippen LogP contribution in [0.15, 0.2) is 279 Å². The molecule has 30 heteroatoms. The molecule has 0 radical (unpaired) electrons. The summed E-state index contributed by atoms with van der Waals surface area (Å²) in [6, 6.07) is 49.3. The number of methoxy groups -OCH3 is 1. The Hall–Kier alpha value is -15.4. The van der Waals surface area contributed by atoms with Gasteiger partial charge in [-0.3, -0.25) is 76.7 Å². The predicted octanol–water partition coefficient (Wildman–Crippen LogP) is 6.24. The van der Waals surface area contributed by atoms with E-state index in [1.54, 1.807) is 138 Å². The summed E-state index contributed by atoms with van der Waals surface area (Å²) >= 11 is 0. The van der Waals surface area contributed by atoms with Gasteiger partial charge in [-0.2, -0.15) is 0 Å². The summed E-state index contributed by atoms with van der Waals surface area (Å²) in [4.78, 5) is 220. The summed E-state index contributed by atoms with van der Waals surface area (Å²) in [6.45, 7) is 1.75. The van der Waals surface area contributed by atoms with Crippen LogP contribution in [0.3, 0.4) is 0 Å². The molecule has 652 valence electrons. The van der Waals surface area contributed by atoms with Crippen molar-refractivity contribution < 1.29 is 102 Å². The van der Waals surface area contributed by atoms with E-state index in [2.05, 4.69) is 31.9 Å². The molecule has 0 spiro atoms. The number of aliphatic hydroxyl groups excluding tert-OH is 4. The lowest BCUT2D eigenvalue weighted by Crippen LogP contribution is -2.39. The van der Waals surface area contributed by atoms with E-state index in [4.69, 9.17) is 4.74 Å². The van der Waals surface area contributed by atoms with Gasteiger partial charge in [-0.15, -0.1) is 0 Å². The maximum Gasteiger partial charge on any atom is 0.210 e. The van der Waals surface area contributed by atoms with Crippen LogP contribution in [0.4, 0.5) is 0 Å². The zero-order chi connectivity index (χ0) is 91.9. The van der Waals surface area contributed by atoms with Crippen molar-refractivity contribution in [2.24, 2.45) is 0 Å². The van der Waals surface area contributed by atoms with Crippen molar-refractivity contribution in [1.29, 1.82) is 0 Å². The summed E-state index contributed by atoms with van der Waals surface area (Å²) < 4.78 is 5.17. The average Bonchev–Trinajstić information content (AvgIpc) is 1.68. The second-order valence-electron chi connectivity index (χ2n) is 30.9. The first-order valence-corrected chi connectivity index (χ1v) is 41.1. The molecule has 1 heterocycles. The third-order valence-electron chi connectivity index (χ3n) is 22.2. The van der Waals surface area contributed by atoms with Gasteiger partial charge < -0.3 is 71.8 Å². The number of Topliss-reactive ketones (excluding diaryl/α,β-unsaturated/α-hetero) is 15. The van der Waals surface area contributed by atoms with Crippen LogP contribution in [0.1, 0.15) is 166 Å². The number of carbonyl (C=O) groups excluding carboxylic acids is 16. The quantitative estimate of drug-likeness (QED) is 0.0268. The number of nitrogens with zero attached hydrogens (tertiary/aromatic N) is 3. The number of hydrogen-bond donors (Lipinski definition) is 10. The van der Waals surface area contributed by atoms with E-state index in [0.29, 0.717) is 56.1 Å². The Morgan fingerprint density at radius 3 is 0.752 bits per heavy atom. The van der Waals surface area contributed by atoms with Gasteiger partial charge in [-0.1, -0.05) is 170 Å². The molecule has 1 saturated heterocycles. The van der Waals surface area contributed by atoms with Crippen LogP contribution in [0, 0.1) is 0 Å². The van der Waals surface area contributed by atoms with Crippen LogP contribution in [0.2, 0.25) is 0 Å². The molecule has 0 bridgehead atoms. The normalized spacial score (nSPS) is 16.1. The second-order valence-corrected chi connectivity index (χ2v) is 30.9. The van der Waals surface area contributed by atoms with Crippen LogP contribution >= 0.6 is 0 Å². The topological polar surface area (TPSA) is 445 Å². The first kappa shape index (κ1) is 89.8. The van der Waals surface area contributed by atoms with Crippen LogP contribution in [-0.2, 0) is 0 Å². The number of carbonyl (C=O) groups is 16. The van der Waals surface area contributed by atoms with Crippen molar-refractivity contribution >= 4 is 92.5 Å². The zero-order valence-electron chi connectivity index (χ0n) is 70.4. The number of aliphatic hydroxyl groups is 4. The maximum atomic E-state index is 13.9. The lowest BCUT2D eigenvalue weighted by molar-refractivity contribution is 0.0945. The summed E-state index contributed by atoms with van der Waals surface area (Å²) in [7, 11) is 9.02. The van der Waals surface area contributed by atoms with Crippen molar-refractivity contribution in [2.45, 2.75) is 0 Å². The van der Waals surface area contributed by atoms with Crippen molar-refractivity contribution in [1.82, 2.24) is 46.6 Å². The van der Waals surface area contributed by atoms with E-state index < -0.39 is 63.6 Å². The third-order valence-corrected chi connectivity index (χ3v) is 22.2. The molecule has 0 atom stereocenters. The molecule has 8 aromatic rings. The third kappa shape index (κ3) is 17.1. The smallest absolute Gasteiger partial charge is 0.210 e. The first-order chi connectivity index (χ1) is 62.2. The lowest BCUT2D eigenvalue weighted by atomic mass is 9.77. The fraction of sp³-hybridized carbons (Fsp3) is 0.192. The van der Waals surface area contributed by atoms with E-state index in [1.165, 1.54) is 67.8 Å². The van der Waals surface area contributed by atoms with E-state index >= 15 is 0 Å². The molecule has 10 N–H and O–H groups in total. The van der Waals surface area contributed by atoms with Gasteiger partial charge in [0, 0.05) is 160 Å². The number of hydrogen-bond acceptors (Lipinski definition) is 30. The monoisotopic (exact) mass is 1740 g/mol. The van der Waals surface area contributed by atoms with Gasteiger partial charge in [0.25, 0.3) is 0 Å². The van der Waals surface area contributed by atoms with E-state index in [-0.39, 0.29) is 244 Å². The Labute approximate surface area is 737 Å². The molecular weight excluding hydrogens is 1650 g/mol.